The zero-order valence-corrected chi connectivity index (χ0v) is 13.8. The summed E-state index contributed by atoms with van der Waals surface area (Å²) in [7, 11) is 1.63. The molecule has 0 radical (unpaired) electrons. The fourth-order valence-electron chi connectivity index (χ4n) is 2.35. The van der Waals surface area contributed by atoms with E-state index in [1.54, 1.807) is 31.9 Å². The Morgan fingerprint density at radius 2 is 1.96 bits per heavy atom. The van der Waals surface area contributed by atoms with Crippen LogP contribution in [0.1, 0.15) is 12.0 Å². The molecule has 0 saturated heterocycles. The van der Waals surface area contributed by atoms with Crippen LogP contribution in [-0.2, 0) is 11.2 Å². The molecule has 0 fully saturated rings. The molecule has 0 atom stereocenters. The molecule has 0 spiro atoms. The number of nitrogens with one attached hydrogen (secondary N) is 1. The molecule has 0 bridgehead atoms. The maximum Gasteiger partial charge on any atom is 0.224 e. The standard InChI is InChI=1S/C19H18N4O2/c1-25-17-6-2-4-14(10-17)7-8-18(24)23-16-12-21-19(22-13-16)15-5-3-9-20-11-15/h2-6,9-13H,7-8H2,1H3,(H,23,24). The quantitative estimate of drug-likeness (QED) is 0.749. The number of rotatable bonds is 6. The molecule has 0 aliphatic heterocycles. The van der Waals surface area contributed by atoms with Gasteiger partial charge in [-0.1, -0.05) is 12.1 Å². The molecule has 2 heterocycles. The van der Waals surface area contributed by atoms with Gasteiger partial charge in [-0.05, 0) is 36.2 Å². The van der Waals surface area contributed by atoms with Crippen LogP contribution in [0.2, 0.25) is 0 Å². The van der Waals surface area contributed by atoms with Crippen molar-refractivity contribution in [2.24, 2.45) is 0 Å². The van der Waals surface area contributed by atoms with Gasteiger partial charge < -0.3 is 10.1 Å². The minimum atomic E-state index is -0.0828. The van der Waals surface area contributed by atoms with Gasteiger partial charge in [0.1, 0.15) is 5.75 Å². The number of hydrogen-bond acceptors (Lipinski definition) is 5. The fourth-order valence-corrected chi connectivity index (χ4v) is 2.35. The highest BCUT2D eigenvalue weighted by Gasteiger charge is 2.06. The summed E-state index contributed by atoms with van der Waals surface area (Å²) in [6.07, 6.45) is 7.59. The van der Waals surface area contributed by atoms with Crippen LogP contribution in [0.15, 0.2) is 61.2 Å². The summed E-state index contributed by atoms with van der Waals surface area (Å²) in [5.74, 6) is 1.28. The second-order valence-electron chi connectivity index (χ2n) is 5.44. The number of anilines is 1. The Labute approximate surface area is 145 Å². The van der Waals surface area contributed by atoms with E-state index < -0.39 is 0 Å². The average molecular weight is 334 g/mol. The van der Waals surface area contributed by atoms with Crippen LogP contribution in [0.5, 0.6) is 5.75 Å². The second-order valence-corrected chi connectivity index (χ2v) is 5.44. The molecule has 6 heteroatoms. The number of aromatic nitrogens is 3. The SMILES string of the molecule is COc1cccc(CCC(=O)Nc2cnc(-c3cccnc3)nc2)c1. The van der Waals surface area contributed by atoms with Gasteiger partial charge in [-0.2, -0.15) is 0 Å². The molecular formula is C19H18N4O2. The summed E-state index contributed by atoms with van der Waals surface area (Å²) in [5, 5.41) is 2.81. The van der Waals surface area contributed by atoms with Crippen LogP contribution >= 0.6 is 0 Å². The number of ether oxygens (including phenoxy) is 1. The van der Waals surface area contributed by atoms with Crippen molar-refractivity contribution in [1.82, 2.24) is 15.0 Å². The molecule has 1 N–H and O–H groups in total. The number of nitrogens with zero attached hydrogens (tertiary/aromatic N) is 3. The Kier molecular flexibility index (Phi) is 5.31. The Morgan fingerprint density at radius 3 is 2.68 bits per heavy atom. The van der Waals surface area contributed by atoms with Gasteiger partial charge in [-0.3, -0.25) is 9.78 Å². The first-order valence-corrected chi connectivity index (χ1v) is 7.90. The Bertz CT molecular complexity index is 836. The molecule has 25 heavy (non-hydrogen) atoms. The van der Waals surface area contributed by atoms with Gasteiger partial charge in [0.25, 0.3) is 0 Å². The van der Waals surface area contributed by atoms with Gasteiger partial charge in [-0.15, -0.1) is 0 Å². The molecule has 6 nitrogen and oxygen atoms in total. The first-order chi connectivity index (χ1) is 12.2. The molecule has 0 aliphatic carbocycles. The van der Waals surface area contributed by atoms with Crippen LogP contribution in [0.4, 0.5) is 5.69 Å². The van der Waals surface area contributed by atoms with Crippen molar-refractivity contribution in [2.45, 2.75) is 12.8 Å². The average Bonchev–Trinajstić information content (AvgIpc) is 2.68. The van der Waals surface area contributed by atoms with Crippen molar-refractivity contribution in [3.8, 4) is 17.1 Å². The zero-order chi connectivity index (χ0) is 17.5. The van der Waals surface area contributed by atoms with E-state index in [-0.39, 0.29) is 5.91 Å². The lowest BCUT2D eigenvalue weighted by Gasteiger charge is -2.06. The van der Waals surface area contributed by atoms with E-state index in [2.05, 4.69) is 20.3 Å². The number of amides is 1. The third-order valence-electron chi connectivity index (χ3n) is 3.63. The van der Waals surface area contributed by atoms with Crippen molar-refractivity contribution < 1.29 is 9.53 Å². The van der Waals surface area contributed by atoms with Gasteiger partial charge in [-0.25, -0.2) is 9.97 Å². The van der Waals surface area contributed by atoms with Crippen LogP contribution < -0.4 is 10.1 Å². The van der Waals surface area contributed by atoms with Gasteiger partial charge in [0.05, 0.1) is 25.2 Å². The summed E-state index contributed by atoms with van der Waals surface area (Å²) < 4.78 is 5.18. The monoisotopic (exact) mass is 334 g/mol. The Morgan fingerprint density at radius 1 is 1.12 bits per heavy atom. The lowest BCUT2D eigenvalue weighted by atomic mass is 10.1. The normalized spacial score (nSPS) is 10.3. The highest BCUT2D eigenvalue weighted by Crippen LogP contribution is 2.16. The van der Waals surface area contributed by atoms with E-state index in [4.69, 9.17) is 4.74 Å². The molecule has 0 saturated carbocycles. The number of hydrogen-bond donors (Lipinski definition) is 1. The number of carbonyl (C=O) groups excluding carboxylic acids is 1. The van der Waals surface area contributed by atoms with Crippen LogP contribution in [0.3, 0.4) is 0 Å². The molecule has 3 aromatic rings. The lowest BCUT2D eigenvalue weighted by Crippen LogP contribution is -2.12. The summed E-state index contributed by atoms with van der Waals surface area (Å²) in [5.41, 5.74) is 2.46. The van der Waals surface area contributed by atoms with Crippen LogP contribution in [0.25, 0.3) is 11.4 Å². The summed E-state index contributed by atoms with van der Waals surface area (Å²) in [6.45, 7) is 0. The number of benzene rings is 1. The van der Waals surface area contributed by atoms with Crippen molar-refractivity contribution in [3.05, 3.63) is 66.7 Å². The van der Waals surface area contributed by atoms with Gasteiger partial charge in [0.15, 0.2) is 5.82 Å². The molecule has 126 valence electrons. The summed E-state index contributed by atoms with van der Waals surface area (Å²) >= 11 is 0. The topological polar surface area (TPSA) is 77.0 Å². The third-order valence-corrected chi connectivity index (χ3v) is 3.63. The zero-order valence-electron chi connectivity index (χ0n) is 13.8. The molecule has 3 rings (SSSR count). The second kappa shape index (κ2) is 8.01. The van der Waals surface area contributed by atoms with Crippen molar-refractivity contribution in [1.29, 1.82) is 0 Å². The molecule has 2 aromatic heterocycles. The number of aryl methyl sites for hydroxylation is 1. The molecule has 1 aromatic carbocycles. The van der Waals surface area contributed by atoms with Crippen molar-refractivity contribution in [3.63, 3.8) is 0 Å². The van der Waals surface area contributed by atoms with E-state index in [0.29, 0.717) is 24.4 Å². The lowest BCUT2D eigenvalue weighted by molar-refractivity contribution is -0.116. The van der Waals surface area contributed by atoms with Crippen LogP contribution in [0, 0.1) is 0 Å². The highest BCUT2D eigenvalue weighted by molar-refractivity contribution is 5.90. The van der Waals surface area contributed by atoms with Crippen molar-refractivity contribution in [2.75, 3.05) is 12.4 Å². The van der Waals surface area contributed by atoms with Gasteiger partial charge >= 0.3 is 0 Å². The predicted octanol–water partition coefficient (Wildman–Crippen LogP) is 3.12. The Balaban J connectivity index is 1.56. The third kappa shape index (κ3) is 4.60. The maximum atomic E-state index is 12.1. The highest BCUT2D eigenvalue weighted by atomic mass is 16.5. The van der Waals surface area contributed by atoms with Crippen molar-refractivity contribution >= 4 is 11.6 Å². The summed E-state index contributed by atoms with van der Waals surface area (Å²) in [4.78, 5) is 24.6. The van der Waals surface area contributed by atoms with Crippen LogP contribution in [-0.4, -0.2) is 28.0 Å². The van der Waals surface area contributed by atoms with E-state index >= 15 is 0 Å². The van der Waals surface area contributed by atoms with Gasteiger partial charge in [0.2, 0.25) is 5.91 Å². The molecular weight excluding hydrogens is 316 g/mol. The molecule has 0 aliphatic rings. The number of methoxy groups -OCH3 is 1. The van der Waals surface area contributed by atoms with E-state index in [1.807, 2.05) is 36.4 Å². The summed E-state index contributed by atoms with van der Waals surface area (Å²) in [6, 6.07) is 11.4. The van der Waals surface area contributed by atoms with E-state index in [0.717, 1.165) is 16.9 Å². The van der Waals surface area contributed by atoms with E-state index in [1.165, 1.54) is 0 Å². The van der Waals surface area contributed by atoms with E-state index in [9.17, 15) is 4.79 Å². The number of carbonyl (C=O) groups is 1. The smallest absolute Gasteiger partial charge is 0.224 e. The largest absolute Gasteiger partial charge is 0.497 e. The molecule has 0 unspecified atom stereocenters. The predicted molar refractivity (Wildman–Crippen MR) is 95.2 cm³/mol. The minimum absolute atomic E-state index is 0.0828. The minimum Gasteiger partial charge on any atom is -0.497 e. The van der Waals surface area contributed by atoms with Gasteiger partial charge in [0, 0.05) is 24.4 Å². The number of pyridine rings is 1. The molecule has 1 amide bonds. The fraction of sp³-hybridized carbons (Fsp3) is 0.158. The first kappa shape index (κ1) is 16.6. The maximum absolute atomic E-state index is 12.1. The Hall–Kier alpha value is -3.28. The first-order valence-electron chi connectivity index (χ1n) is 7.90.